The van der Waals surface area contributed by atoms with E-state index in [1.165, 1.54) is 0 Å². The summed E-state index contributed by atoms with van der Waals surface area (Å²) in [5, 5.41) is 30.4. The van der Waals surface area contributed by atoms with Crippen molar-refractivity contribution in [3.05, 3.63) is 0 Å². The van der Waals surface area contributed by atoms with Gasteiger partial charge in [-0.15, -0.1) is 11.8 Å². The van der Waals surface area contributed by atoms with E-state index >= 15 is 0 Å². The van der Waals surface area contributed by atoms with Crippen LogP contribution in [0, 0.1) is 5.92 Å². The zero-order valence-electron chi connectivity index (χ0n) is 22.8. The highest BCUT2D eigenvalue weighted by Gasteiger charge is 2.31. The molecule has 0 aromatic carbocycles. The summed E-state index contributed by atoms with van der Waals surface area (Å²) in [4.78, 5) is 90.6. The molecule has 0 spiro atoms. The van der Waals surface area contributed by atoms with Gasteiger partial charge in [0.15, 0.2) is 5.96 Å². The maximum Gasteiger partial charge on any atom is 0.327 e. The molecule has 0 unspecified atom stereocenters. The van der Waals surface area contributed by atoms with Gasteiger partial charge in [0.25, 0.3) is 0 Å². The average molecular weight is 603 g/mol. The molecule has 0 aromatic rings. The standard InChI is InChI=1S/C23H38N8O9S/c1-11(2)6-13-20(37)30-12(4-3-5-26-23(24)25)19(36)27-8-16(32)28-14(7-18(34)35)21(38)31-15(22(39)40)9-41-10-17(33)29-13/h11-15H,3-10H2,1-2H3,(H,27,36)(H,28,32)(H,29,33)(H,30,37)(H,31,38)(H,34,35)(H,39,40)(H4,24,25,26)/t12-,13-,14-,15-/m0/s1. The molecule has 0 aromatic heterocycles. The molecular weight excluding hydrogens is 564 g/mol. The number of hydrogen-bond donors (Lipinski definition) is 9. The molecule has 1 rings (SSSR count). The number of carbonyl (C=O) groups excluding carboxylic acids is 5. The van der Waals surface area contributed by atoms with Gasteiger partial charge in [-0.05, 0) is 25.2 Å². The zero-order valence-corrected chi connectivity index (χ0v) is 23.6. The second-order valence-electron chi connectivity index (χ2n) is 9.61. The third-order valence-corrected chi connectivity index (χ3v) is 6.56. The summed E-state index contributed by atoms with van der Waals surface area (Å²) in [7, 11) is 0. The molecule has 0 aliphatic carbocycles. The lowest BCUT2D eigenvalue weighted by Gasteiger charge is -2.25. The van der Waals surface area contributed by atoms with Crippen molar-refractivity contribution >= 4 is 59.2 Å². The highest BCUT2D eigenvalue weighted by molar-refractivity contribution is 8.00. The second kappa shape index (κ2) is 17.6. The monoisotopic (exact) mass is 602 g/mol. The molecule has 1 aliphatic heterocycles. The van der Waals surface area contributed by atoms with E-state index < -0.39 is 78.6 Å². The molecule has 1 heterocycles. The van der Waals surface area contributed by atoms with Crippen LogP contribution in [0.5, 0.6) is 0 Å². The first-order chi connectivity index (χ1) is 19.2. The molecule has 1 aliphatic rings. The van der Waals surface area contributed by atoms with Gasteiger partial charge in [-0.25, -0.2) is 4.79 Å². The van der Waals surface area contributed by atoms with Crippen molar-refractivity contribution in [2.45, 2.75) is 63.7 Å². The van der Waals surface area contributed by atoms with E-state index in [0.717, 1.165) is 11.8 Å². The lowest BCUT2D eigenvalue weighted by molar-refractivity contribution is -0.143. The van der Waals surface area contributed by atoms with E-state index in [1.807, 2.05) is 13.8 Å². The number of nitrogens with one attached hydrogen (secondary N) is 5. The van der Waals surface area contributed by atoms with E-state index in [9.17, 15) is 38.7 Å². The van der Waals surface area contributed by atoms with Gasteiger partial charge in [-0.3, -0.25) is 33.8 Å². The fourth-order valence-electron chi connectivity index (χ4n) is 3.62. The van der Waals surface area contributed by atoms with Crippen molar-refractivity contribution in [1.29, 1.82) is 0 Å². The van der Waals surface area contributed by atoms with Crippen molar-refractivity contribution in [3.63, 3.8) is 0 Å². The average Bonchev–Trinajstić information content (AvgIpc) is 2.86. The number of nitrogens with zero attached hydrogens (tertiary/aromatic N) is 1. The Morgan fingerprint density at radius 1 is 0.927 bits per heavy atom. The molecule has 1 fully saturated rings. The first-order valence-electron chi connectivity index (χ1n) is 12.7. The Labute approximate surface area is 240 Å². The molecule has 1 saturated heterocycles. The third-order valence-electron chi connectivity index (χ3n) is 5.52. The number of guanidine groups is 1. The lowest BCUT2D eigenvalue weighted by Crippen LogP contribution is -2.57. The van der Waals surface area contributed by atoms with Gasteiger partial charge in [-0.1, -0.05) is 13.8 Å². The smallest absolute Gasteiger partial charge is 0.327 e. The summed E-state index contributed by atoms with van der Waals surface area (Å²) in [6.45, 7) is 3.12. The summed E-state index contributed by atoms with van der Waals surface area (Å²) in [5.74, 6) is -7.63. The molecule has 0 bridgehead atoms. The van der Waals surface area contributed by atoms with E-state index in [-0.39, 0.29) is 49.2 Å². The first-order valence-corrected chi connectivity index (χ1v) is 13.9. The third kappa shape index (κ3) is 14.2. The molecule has 17 nitrogen and oxygen atoms in total. The Morgan fingerprint density at radius 2 is 1.56 bits per heavy atom. The van der Waals surface area contributed by atoms with Crippen LogP contribution in [0.4, 0.5) is 0 Å². The van der Waals surface area contributed by atoms with Gasteiger partial charge >= 0.3 is 11.9 Å². The summed E-state index contributed by atoms with van der Waals surface area (Å²) in [6.07, 6.45) is -0.305. The molecule has 5 amide bonds. The Hall–Kier alpha value is -4.09. The van der Waals surface area contributed by atoms with E-state index in [1.54, 1.807) is 0 Å². The molecule has 230 valence electrons. The Kier molecular flexibility index (Phi) is 15.0. The maximum absolute atomic E-state index is 13.1. The van der Waals surface area contributed by atoms with Crippen LogP contribution in [-0.2, 0) is 33.6 Å². The Balaban J connectivity index is 3.26. The largest absolute Gasteiger partial charge is 0.481 e. The van der Waals surface area contributed by atoms with E-state index in [0.29, 0.717) is 0 Å². The van der Waals surface area contributed by atoms with Gasteiger partial charge in [0, 0.05) is 12.3 Å². The van der Waals surface area contributed by atoms with Crippen LogP contribution < -0.4 is 38.1 Å². The van der Waals surface area contributed by atoms with Crippen molar-refractivity contribution < 1.29 is 43.8 Å². The fraction of sp³-hybridized carbons (Fsp3) is 0.652. The summed E-state index contributed by atoms with van der Waals surface area (Å²) in [5.41, 5.74) is 10.6. The van der Waals surface area contributed by atoms with Crippen LogP contribution in [0.2, 0.25) is 0 Å². The van der Waals surface area contributed by atoms with Gasteiger partial charge < -0.3 is 48.3 Å². The minimum Gasteiger partial charge on any atom is -0.481 e. The minimum atomic E-state index is -1.65. The quantitative estimate of drug-likeness (QED) is 0.0704. The molecular formula is C23H38N8O9S. The van der Waals surface area contributed by atoms with Crippen molar-refractivity contribution in [2.75, 3.05) is 24.6 Å². The van der Waals surface area contributed by atoms with Crippen LogP contribution >= 0.6 is 11.8 Å². The predicted octanol–water partition coefficient (Wildman–Crippen LogP) is -3.55. The van der Waals surface area contributed by atoms with Crippen molar-refractivity contribution in [2.24, 2.45) is 22.4 Å². The number of hydrogen-bond acceptors (Lipinski definition) is 9. The number of carboxylic acids is 2. The van der Waals surface area contributed by atoms with Crippen molar-refractivity contribution in [1.82, 2.24) is 26.6 Å². The topological polar surface area (TPSA) is 284 Å². The number of nitrogens with two attached hydrogens (primary N) is 2. The van der Waals surface area contributed by atoms with Crippen molar-refractivity contribution in [3.8, 4) is 0 Å². The van der Waals surface area contributed by atoms with Crippen LogP contribution in [0.3, 0.4) is 0 Å². The Morgan fingerprint density at radius 3 is 2.15 bits per heavy atom. The van der Waals surface area contributed by atoms with E-state index in [2.05, 4.69) is 31.6 Å². The van der Waals surface area contributed by atoms with Crippen LogP contribution in [0.1, 0.15) is 39.5 Å². The van der Waals surface area contributed by atoms with Crippen LogP contribution in [0.25, 0.3) is 0 Å². The predicted molar refractivity (Wildman–Crippen MR) is 147 cm³/mol. The van der Waals surface area contributed by atoms with Gasteiger partial charge in [0.1, 0.15) is 24.2 Å². The highest BCUT2D eigenvalue weighted by atomic mass is 32.2. The second-order valence-corrected chi connectivity index (χ2v) is 10.6. The number of thioether (sulfide) groups is 1. The number of carboxylic acid groups (broad SMARTS) is 2. The number of aliphatic carboxylic acids is 2. The van der Waals surface area contributed by atoms with Gasteiger partial charge in [0.2, 0.25) is 29.5 Å². The summed E-state index contributed by atoms with van der Waals surface area (Å²) >= 11 is 0.858. The normalized spacial score (nSPS) is 23.5. The number of carbonyl (C=O) groups is 7. The van der Waals surface area contributed by atoms with Crippen LogP contribution in [0.15, 0.2) is 4.99 Å². The number of amides is 5. The van der Waals surface area contributed by atoms with E-state index in [4.69, 9.17) is 16.6 Å². The fourth-order valence-corrected chi connectivity index (χ4v) is 4.47. The minimum absolute atomic E-state index is 0.0280. The van der Waals surface area contributed by atoms with Gasteiger partial charge in [-0.2, -0.15) is 0 Å². The zero-order chi connectivity index (χ0) is 31.1. The number of aliphatic imine (C=N–C) groups is 1. The Bertz CT molecular complexity index is 1020. The maximum atomic E-state index is 13.1. The van der Waals surface area contributed by atoms with Gasteiger partial charge in [0.05, 0.1) is 18.7 Å². The lowest BCUT2D eigenvalue weighted by atomic mass is 10.0. The summed E-state index contributed by atoms with van der Waals surface area (Å²) in [6, 6.07) is -5.34. The first kappa shape index (κ1) is 34.9. The molecule has 4 atom stereocenters. The number of rotatable bonds is 9. The highest BCUT2D eigenvalue weighted by Crippen LogP contribution is 2.09. The molecule has 0 radical (unpaired) electrons. The molecule has 11 N–H and O–H groups in total. The SMILES string of the molecule is CC(C)C[C@@H]1NC(=O)CSC[C@@H](C(=O)O)NC(=O)[C@H](CC(=O)O)NC(=O)CNC(=O)[C@H](CCCN=C(N)N)NC1=O. The van der Waals surface area contributed by atoms with Crippen LogP contribution in [-0.4, -0.2) is 106 Å². The molecule has 41 heavy (non-hydrogen) atoms. The summed E-state index contributed by atoms with van der Waals surface area (Å²) < 4.78 is 0. The molecule has 0 saturated carbocycles. The molecule has 18 heteroatoms.